The van der Waals surface area contributed by atoms with Crippen molar-refractivity contribution in [2.75, 3.05) is 19.6 Å². The minimum atomic E-state index is -0.208. The minimum Gasteiger partial charge on any atom is -0.346 e. The van der Waals surface area contributed by atoms with E-state index >= 15 is 0 Å². The van der Waals surface area contributed by atoms with E-state index < -0.39 is 0 Å². The van der Waals surface area contributed by atoms with Crippen molar-refractivity contribution in [3.8, 4) is 0 Å². The normalized spacial score (nSPS) is 15.0. The highest BCUT2D eigenvalue weighted by Gasteiger charge is 2.22. The topological polar surface area (TPSA) is 110 Å². The van der Waals surface area contributed by atoms with Crippen molar-refractivity contribution in [3.05, 3.63) is 30.4 Å². The number of hydrogen-bond donors (Lipinski definition) is 2. The van der Waals surface area contributed by atoms with Crippen LogP contribution in [-0.4, -0.2) is 66.8 Å². The van der Waals surface area contributed by atoms with E-state index in [2.05, 4.69) is 25.7 Å². The zero-order valence-corrected chi connectivity index (χ0v) is 15.8. The summed E-state index contributed by atoms with van der Waals surface area (Å²) < 4.78 is 3.63. The smallest absolute Gasteiger partial charge is 0.317 e. The molecule has 0 bridgehead atoms. The van der Waals surface area contributed by atoms with E-state index in [1.807, 2.05) is 18.4 Å². The Labute approximate surface area is 158 Å². The first-order valence-corrected chi connectivity index (χ1v) is 9.29. The first-order valence-electron chi connectivity index (χ1n) is 9.29. The molecule has 0 saturated heterocycles. The zero-order chi connectivity index (χ0) is 19.2. The van der Waals surface area contributed by atoms with E-state index in [0.717, 1.165) is 12.2 Å². The Morgan fingerprint density at radius 3 is 2.89 bits per heavy atom. The van der Waals surface area contributed by atoms with Gasteiger partial charge in [0.2, 0.25) is 0 Å². The van der Waals surface area contributed by atoms with Crippen LogP contribution >= 0.6 is 0 Å². The van der Waals surface area contributed by atoms with Gasteiger partial charge in [-0.2, -0.15) is 5.10 Å². The standard InChI is InChI=1S/C17H26N8O2/c1-3-5-19-17(27)23-6-4-15-22-14(10-24(15)8-7-23)16(26)21-13(2)9-25-12-18-11-20-25/h10-13H,3-9H2,1-2H3,(H,19,27)(H,21,26). The van der Waals surface area contributed by atoms with E-state index in [4.69, 9.17) is 0 Å². The molecule has 3 heterocycles. The van der Waals surface area contributed by atoms with Crippen LogP contribution in [-0.2, 0) is 19.5 Å². The number of nitrogens with zero attached hydrogens (tertiary/aromatic N) is 6. The summed E-state index contributed by atoms with van der Waals surface area (Å²) in [6, 6.07) is -0.138. The number of rotatable bonds is 6. The van der Waals surface area contributed by atoms with Crippen molar-refractivity contribution >= 4 is 11.9 Å². The van der Waals surface area contributed by atoms with Gasteiger partial charge >= 0.3 is 6.03 Å². The number of imidazole rings is 1. The molecule has 10 heteroatoms. The third kappa shape index (κ3) is 4.83. The fraction of sp³-hybridized carbons (Fsp3) is 0.588. The van der Waals surface area contributed by atoms with Crippen LogP contribution in [0.5, 0.6) is 0 Å². The summed E-state index contributed by atoms with van der Waals surface area (Å²) in [6.45, 7) is 6.98. The Morgan fingerprint density at radius 2 is 2.15 bits per heavy atom. The molecular formula is C17H26N8O2. The Hall–Kier alpha value is -2.91. The highest BCUT2D eigenvalue weighted by Crippen LogP contribution is 2.11. The Bertz CT molecular complexity index is 745. The van der Waals surface area contributed by atoms with Crippen molar-refractivity contribution in [1.82, 2.24) is 39.8 Å². The number of carbonyl (C=O) groups excluding carboxylic acids is 2. The fourth-order valence-corrected chi connectivity index (χ4v) is 3.03. The van der Waals surface area contributed by atoms with E-state index in [0.29, 0.717) is 44.8 Å². The number of urea groups is 1. The number of hydrogen-bond acceptors (Lipinski definition) is 5. The monoisotopic (exact) mass is 374 g/mol. The largest absolute Gasteiger partial charge is 0.346 e. The molecule has 146 valence electrons. The van der Waals surface area contributed by atoms with Crippen molar-refractivity contribution in [2.45, 2.75) is 45.8 Å². The van der Waals surface area contributed by atoms with Crippen LogP contribution in [0.25, 0.3) is 0 Å². The maximum absolute atomic E-state index is 12.5. The number of carbonyl (C=O) groups is 2. The summed E-state index contributed by atoms with van der Waals surface area (Å²) in [6.07, 6.45) is 6.38. The molecule has 1 atom stereocenters. The van der Waals surface area contributed by atoms with Crippen LogP contribution in [0.1, 0.15) is 36.6 Å². The van der Waals surface area contributed by atoms with Gasteiger partial charge in [0.05, 0.1) is 6.54 Å². The molecule has 1 unspecified atom stereocenters. The Morgan fingerprint density at radius 1 is 1.30 bits per heavy atom. The maximum Gasteiger partial charge on any atom is 0.317 e. The van der Waals surface area contributed by atoms with Gasteiger partial charge in [-0.1, -0.05) is 6.92 Å². The molecular weight excluding hydrogens is 348 g/mol. The average molecular weight is 374 g/mol. The van der Waals surface area contributed by atoms with Crippen molar-refractivity contribution < 1.29 is 9.59 Å². The Kier molecular flexibility index (Phi) is 6.05. The molecule has 0 saturated carbocycles. The quantitative estimate of drug-likeness (QED) is 0.754. The number of fused-ring (bicyclic) bond motifs is 1. The van der Waals surface area contributed by atoms with Gasteiger partial charge in [-0.15, -0.1) is 0 Å². The SMILES string of the molecule is CCCNC(=O)N1CCc2nc(C(=O)NC(C)Cn3cncn3)cn2CC1. The molecule has 2 N–H and O–H groups in total. The van der Waals surface area contributed by atoms with Gasteiger partial charge < -0.3 is 20.1 Å². The molecule has 0 aromatic carbocycles. The number of nitrogens with one attached hydrogen (secondary N) is 2. The molecule has 0 spiro atoms. The van der Waals surface area contributed by atoms with Gasteiger partial charge in [0.15, 0.2) is 0 Å². The summed E-state index contributed by atoms with van der Waals surface area (Å²) in [5.41, 5.74) is 0.402. The van der Waals surface area contributed by atoms with E-state index in [1.165, 1.54) is 6.33 Å². The van der Waals surface area contributed by atoms with E-state index in [-0.39, 0.29) is 18.0 Å². The predicted molar refractivity (Wildman–Crippen MR) is 98.1 cm³/mol. The van der Waals surface area contributed by atoms with Crippen LogP contribution in [0.3, 0.4) is 0 Å². The zero-order valence-electron chi connectivity index (χ0n) is 15.8. The van der Waals surface area contributed by atoms with Crippen LogP contribution in [0.2, 0.25) is 0 Å². The summed E-state index contributed by atoms with van der Waals surface area (Å²) in [5.74, 6) is 0.621. The van der Waals surface area contributed by atoms with Crippen molar-refractivity contribution in [1.29, 1.82) is 0 Å². The summed E-state index contributed by atoms with van der Waals surface area (Å²) in [7, 11) is 0. The first kappa shape index (κ1) is 18.9. The maximum atomic E-state index is 12.5. The molecule has 3 amide bonds. The third-order valence-corrected chi connectivity index (χ3v) is 4.43. The summed E-state index contributed by atoms with van der Waals surface area (Å²) in [5, 5.41) is 9.87. The van der Waals surface area contributed by atoms with Gasteiger partial charge in [-0.25, -0.2) is 14.8 Å². The second-order valence-electron chi connectivity index (χ2n) is 6.70. The molecule has 2 aromatic heterocycles. The first-order chi connectivity index (χ1) is 13.1. The third-order valence-electron chi connectivity index (χ3n) is 4.43. The lowest BCUT2D eigenvalue weighted by atomic mass is 10.3. The molecule has 3 rings (SSSR count). The molecule has 27 heavy (non-hydrogen) atoms. The lowest BCUT2D eigenvalue weighted by molar-refractivity contribution is 0.0931. The van der Waals surface area contributed by atoms with Crippen molar-refractivity contribution in [2.24, 2.45) is 0 Å². The fourth-order valence-electron chi connectivity index (χ4n) is 3.03. The number of aromatic nitrogens is 5. The van der Waals surface area contributed by atoms with Gasteiger partial charge in [-0.3, -0.25) is 9.48 Å². The second-order valence-corrected chi connectivity index (χ2v) is 6.70. The second kappa shape index (κ2) is 8.65. The van der Waals surface area contributed by atoms with Crippen LogP contribution in [0, 0.1) is 0 Å². The number of amides is 3. The molecule has 0 aliphatic carbocycles. The summed E-state index contributed by atoms with van der Waals surface area (Å²) in [4.78, 5) is 34.8. The predicted octanol–water partition coefficient (Wildman–Crippen LogP) is 0.271. The van der Waals surface area contributed by atoms with Crippen LogP contribution in [0.4, 0.5) is 4.79 Å². The molecule has 10 nitrogen and oxygen atoms in total. The highest BCUT2D eigenvalue weighted by atomic mass is 16.2. The van der Waals surface area contributed by atoms with Gasteiger partial charge in [0.25, 0.3) is 5.91 Å². The van der Waals surface area contributed by atoms with Gasteiger partial charge in [-0.05, 0) is 13.3 Å². The highest BCUT2D eigenvalue weighted by molar-refractivity contribution is 5.92. The Balaban J connectivity index is 1.55. The molecule has 0 radical (unpaired) electrons. The van der Waals surface area contributed by atoms with Crippen LogP contribution in [0.15, 0.2) is 18.9 Å². The lowest BCUT2D eigenvalue weighted by Crippen LogP contribution is -2.41. The molecule has 1 aliphatic rings. The lowest BCUT2D eigenvalue weighted by Gasteiger charge is -2.20. The molecule has 0 fully saturated rings. The molecule has 2 aromatic rings. The summed E-state index contributed by atoms with van der Waals surface area (Å²) >= 11 is 0. The van der Waals surface area contributed by atoms with E-state index in [1.54, 1.807) is 22.1 Å². The van der Waals surface area contributed by atoms with Gasteiger partial charge in [0.1, 0.15) is 24.2 Å². The van der Waals surface area contributed by atoms with Gasteiger partial charge in [0, 0.05) is 44.8 Å². The average Bonchev–Trinajstić information content (AvgIpc) is 3.25. The minimum absolute atomic E-state index is 0.0393. The van der Waals surface area contributed by atoms with Crippen molar-refractivity contribution in [3.63, 3.8) is 0 Å². The molecule has 1 aliphatic heterocycles. The van der Waals surface area contributed by atoms with Crippen LogP contribution < -0.4 is 10.6 Å². The van der Waals surface area contributed by atoms with E-state index in [9.17, 15) is 9.59 Å².